The number of carboxylic acids is 1. The highest BCUT2D eigenvalue weighted by Crippen LogP contribution is 2.35. The molecule has 1 aromatic rings. The van der Waals surface area contributed by atoms with Gasteiger partial charge in [-0.1, -0.05) is 13.8 Å². The van der Waals surface area contributed by atoms with E-state index in [2.05, 4.69) is 15.9 Å². The van der Waals surface area contributed by atoms with Crippen LogP contribution in [-0.2, 0) is 10.2 Å². The molecule has 1 aromatic carbocycles. The molecule has 0 saturated heterocycles. The predicted molar refractivity (Wildman–Crippen MR) is 64.1 cm³/mol. The first kappa shape index (κ1) is 14.1. The second-order valence-corrected chi connectivity index (χ2v) is 5.49. The van der Waals surface area contributed by atoms with Crippen molar-refractivity contribution in [3.8, 4) is 0 Å². The molecule has 0 bridgehead atoms. The summed E-state index contributed by atoms with van der Waals surface area (Å²) in [7, 11) is 0. The van der Waals surface area contributed by atoms with Crippen LogP contribution < -0.4 is 0 Å². The first-order chi connectivity index (χ1) is 7.66. The lowest BCUT2D eigenvalue weighted by molar-refractivity contribution is -0.138. The lowest BCUT2D eigenvalue weighted by atomic mass is 9.80. The highest BCUT2D eigenvalue weighted by molar-refractivity contribution is 9.10. The molecule has 0 unspecified atom stereocenters. The number of rotatable bonds is 3. The molecule has 1 rings (SSSR count). The topological polar surface area (TPSA) is 37.3 Å². The van der Waals surface area contributed by atoms with Crippen molar-refractivity contribution in [3.63, 3.8) is 0 Å². The van der Waals surface area contributed by atoms with Crippen LogP contribution in [0.5, 0.6) is 0 Å². The minimum atomic E-state index is -1.10. The molecular weight excluding hydrogens is 294 g/mol. The minimum Gasteiger partial charge on any atom is -0.481 e. The Morgan fingerprint density at radius 3 is 2.41 bits per heavy atom. The van der Waals surface area contributed by atoms with E-state index >= 15 is 0 Å². The van der Waals surface area contributed by atoms with Crippen LogP contribution >= 0.6 is 15.9 Å². The van der Waals surface area contributed by atoms with Crippen molar-refractivity contribution in [2.24, 2.45) is 0 Å². The normalized spacial score (nSPS) is 11.6. The largest absolute Gasteiger partial charge is 0.481 e. The maximum Gasteiger partial charge on any atom is 0.304 e. The molecule has 0 aliphatic heterocycles. The van der Waals surface area contributed by atoms with Crippen LogP contribution in [0.4, 0.5) is 8.78 Å². The average Bonchev–Trinajstić information content (AvgIpc) is 2.12. The van der Waals surface area contributed by atoms with Crippen LogP contribution in [0.1, 0.15) is 31.4 Å². The zero-order valence-corrected chi connectivity index (χ0v) is 11.4. The predicted octanol–water partition coefficient (Wildman–Crippen LogP) is 3.79. The van der Waals surface area contributed by atoms with Gasteiger partial charge in [-0.15, -0.1) is 0 Å². The van der Waals surface area contributed by atoms with Gasteiger partial charge >= 0.3 is 5.97 Å². The third kappa shape index (κ3) is 2.83. The summed E-state index contributed by atoms with van der Waals surface area (Å²) >= 11 is 3.00. The van der Waals surface area contributed by atoms with E-state index in [0.29, 0.717) is 0 Å². The molecule has 0 aliphatic rings. The van der Waals surface area contributed by atoms with E-state index < -0.39 is 23.0 Å². The standard InChI is InChI=1S/C12H13BrF2O2/c1-6-4-7(13)11(15)9(10(6)14)12(2,3)5-8(16)17/h4H,5H2,1-3H3,(H,16,17). The lowest BCUT2D eigenvalue weighted by Gasteiger charge is -2.25. The Morgan fingerprint density at radius 1 is 1.41 bits per heavy atom. The maximum absolute atomic E-state index is 13.9. The number of halogens is 3. The Labute approximate surface area is 107 Å². The van der Waals surface area contributed by atoms with Gasteiger partial charge in [-0.05, 0) is 34.5 Å². The Kier molecular flexibility index (Phi) is 3.91. The summed E-state index contributed by atoms with van der Waals surface area (Å²) in [5, 5.41) is 8.77. The van der Waals surface area contributed by atoms with Crippen molar-refractivity contribution in [2.45, 2.75) is 32.6 Å². The van der Waals surface area contributed by atoms with E-state index in [0.717, 1.165) is 0 Å². The SMILES string of the molecule is Cc1cc(Br)c(F)c(C(C)(C)CC(=O)O)c1F. The molecule has 0 aromatic heterocycles. The summed E-state index contributed by atoms with van der Waals surface area (Å²) in [4.78, 5) is 10.7. The van der Waals surface area contributed by atoms with Gasteiger partial charge in [0.05, 0.1) is 10.9 Å². The minimum absolute atomic E-state index is 0.143. The third-order valence-electron chi connectivity index (χ3n) is 2.61. The Balaban J connectivity index is 3.44. The molecule has 0 spiro atoms. The van der Waals surface area contributed by atoms with Gasteiger partial charge in [-0.3, -0.25) is 4.79 Å². The molecule has 0 heterocycles. The van der Waals surface area contributed by atoms with Crippen LogP contribution in [0.15, 0.2) is 10.5 Å². The second-order valence-electron chi connectivity index (χ2n) is 4.63. The fourth-order valence-electron chi connectivity index (χ4n) is 1.79. The molecule has 17 heavy (non-hydrogen) atoms. The smallest absolute Gasteiger partial charge is 0.304 e. The number of aryl methyl sites for hydroxylation is 1. The molecule has 0 amide bonds. The van der Waals surface area contributed by atoms with E-state index in [9.17, 15) is 13.6 Å². The average molecular weight is 307 g/mol. The van der Waals surface area contributed by atoms with Gasteiger partial charge in [0, 0.05) is 11.0 Å². The first-order valence-electron chi connectivity index (χ1n) is 5.03. The van der Waals surface area contributed by atoms with Crippen LogP contribution in [-0.4, -0.2) is 11.1 Å². The van der Waals surface area contributed by atoms with Crippen LogP contribution in [0.25, 0.3) is 0 Å². The van der Waals surface area contributed by atoms with Gasteiger partial charge in [0.25, 0.3) is 0 Å². The van der Waals surface area contributed by atoms with E-state index in [1.165, 1.54) is 26.8 Å². The second kappa shape index (κ2) is 4.72. The number of carbonyl (C=O) groups is 1. The Hall–Kier alpha value is -0.970. The van der Waals surface area contributed by atoms with Crippen molar-refractivity contribution in [1.82, 2.24) is 0 Å². The summed E-state index contributed by atoms with van der Waals surface area (Å²) in [6.45, 7) is 4.53. The van der Waals surface area contributed by atoms with Crippen LogP contribution in [0.2, 0.25) is 0 Å². The van der Waals surface area contributed by atoms with Gasteiger partial charge < -0.3 is 5.11 Å². The molecule has 1 N–H and O–H groups in total. The zero-order valence-electron chi connectivity index (χ0n) is 9.77. The Morgan fingerprint density at radius 2 is 1.94 bits per heavy atom. The fraction of sp³-hybridized carbons (Fsp3) is 0.417. The summed E-state index contributed by atoms with van der Waals surface area (Å²) in [5.74, 6) is -2.51. The number of hydrogen-bond donors (Lipinski definition) is 1. The van der Waals surface area contributed by atoms with Gasteiger partial charge in [0.1, 0.15) is 11.6 Å². The highest BCUT2D eigenvalue weighted by Gasteiger charge is 2.32. The Bertz CT molecular complexity index is 444. The van der Waals surface area contributed by atoms with E-state index in [4.69, 9.17) is 5.11 Å². The number of benzene rings is 1. The molecule has 0 atom stereocenters. The van der Waals surface area contributed by atoms with Crippen molar-refractivity contribution in [1.29, 1.82) is 0 Å². The number of carboxylic acid groups (broad SMARTS) is 1. The van der Waals surface area contributed by atoms with E-state index in [1.807, 2.05) is 0 Å². The highest BCUT2D eigenvalue weighted by atomic mass is 79.9. The quantitative estimate of drug-likeness (QED) is 0.863. The molecule has 2 nitrogen and oxygen atoms in total. The lowest BCUT2D eigenvalue weighted by Crippen LogP contribution is -2.25. The molecule has 0 fully saturated rings. The summed E-state index contributed by atoms with van der Waals surface area (Å²) in [6, 6.07) is 1.34. The van der Waals surface area contributed by atoms with Crippen LogP contribution in [0, 0.1) is 18.6 Å². The first-order valence-corrected chi connectivity index (χ1v) is 5.82. The zero-order chi connectivity index (χ0) is 13.4. The maximum atomic E-state index is 13.9. The van der Waals surface area contributed by atoms with Gasteiger partial charge in [-0.25, -0.2) is 8.78 Å². The van der Waals surface area contributed by atoms with Crippen molar-refractivity contribution in [3.05, 3.63) is 33.3 Å². The summed E-state index contributed by atoms with van der Waals surface area (Å²) < 4.78 is 28.0. The van der Waals surface area contributed by atoms with Crippen LogP contribution in [0.3, 0.4) is 0 Å². The van der Waals surface area contributed by atoms with Gasteiger partial charge in [-0.2, -0.15) is 0 Å². The molecule has 0 radical (unpaired) electrons. The summed E-state index contributed by atoms with van der Waals surface area (Å²) in [6.07, 6.45) is -0.337. The molecule has 0 saturated carbocycles. The van der Waals surface area contributed by atoms with Crippen molar-refractivity contribution < 1.29 is 18.7 Å². The van der Waals surface area contributed by atoms with Gasteiger partial charge in [0.2, 0.25) is 0 Å². The van der Waals surface area contributed by atoms with E-state index in [-0.39, 0.29) is 22.0 Å². The molecule has 0 aliphatic carbocycles. The fourth-order valence-corrected chi connectivity index (χ4v) is 2.33. The van der Waals surface area contributed by atoms with Crippen molar-refractivity contribution in [2.75, 3.05) is 0 Å². The van der Waals surface area contributed by atoms with E-state index in [1.54, 1.807) is 0 Å². The monoisotopic (exact) mass is 306 g/mol. The molecular formula is C12H13BrF2O2. The molecule has 5 heteroatoms. The third-order valence-corrected chi connectivity index (χ3v) is 3.19. The number of hydrogen-bond acceptors (Lipinski definition) is 1. The summed E-state index contributed by atoms with van der Waals surface area (Å²) in [5.41, 5.74) is -1.01. The van der Waals surface area contributed by atoms with Gasteiger partial charge in [0.15, 0.2) is 0 Å². The number of aliphatic carboxylic acids is 1. The van der Waals surface area contributed by atoms with Crippen molar-refractivity contribution >= 4 is 21.9 Å². The molecule has 94 valence electrons.